The van der Waals surface area contributed by atoms with Gasteiger partial charge in [-0.2, -0.15) is 13.2 Å². The van der Waals surface area contributed by atoms with Crippen molar-refractivity contribution in [3.8, 4) is 0 Å². The van der Waals surface area contributed by atoms with Crippen LogP contribution >= 0.6 is 0 Å². The Morgan fingerprint density at radius 1 is 1.22 bits per heavy atom. The van der Waals surface area contributed by atoms with Crippen molar-refractivity contribution < 1.29 is 27.9 Å². The Labute approximate surface area is 102 Å². The van der Waals surface area contributed by atoms with E-state index in [0.717, 1.165) is 0 Å². The summed E-state index contributed by atoms with van der Waals surface area (Å²) in [5, 5.41) is 8.70. The first-order valence-electron chi connectivity index (χ1n) is 5.89. The molecule has 0 bridgehead atoms. The lowest BCUT2D eigenvalue weighted by molar-refractivity contribution is -0.188. The van der Waals surface area contributed by atoms with Gasteiger partial charge in [0.05, 0.1) is 17.8 Å². The van der Waals surface area contributed by atoms with Crippen LogP contribution in [0, 0.1) is 17.8 Å². The smallest absolute Gasteiger partial charge is 0.393 e. The molecule has 0 aromatic carbocycles. The lowest BCUT2D eigenvalue weighted by Gasteiger charge is -2.33. The summed E-state index contributed by atoms with van der Waals surface area (Å²) in [4.78, 5) is 23.7. The Hall–Kier alpha value is -1.27. The fraction of sp³-hybridized carbons (Fsp3) is 0.818. The van der Waals surface area contributed by atoms with Crippen LogP contribution in [0.5, 0.6) is 0 Å². The van der Waals surface area contributed by atoms with E-state index in [2.05, 4.69) is 0 Å². The van der Waals surface area contributed by atoms with Crippen LogP contribution < -0.4 is 0 Å². The number of rotatable bonds is 2. The molecule has 1 amide bonds. The zero-order chi connectivity index (χ0) is 13.5. The van der Waals surface area contributed by atoms with Crippen LogP contribution in [0.25, 0.3) is 0 Å². The van der Waals surface area contributed by atoms with Crippen molar-refractivity contribution in [2.45, 2.75) is 25.4 Å². The van der Waals surface area contributed by atoms with Crippen molar-refractivity contribution in [2.24, 2.45) is 17.8 Å². The maximum Gasteiger partial charge on any atom is 0.393 e. The van der Waals surface area contributed by atoms with E-state index in [1.54, 1.807) is 0 Å². The van der Waals surface area contributed by atoms with Crippen molar-refractivity contribution in [3.05, 3.63) is 0 Å². The topological polar surface area (TPSA) is 57.6 Å². The van der Waals surface area contributed by atoms with E-state index in [1.165, 1.54) is 4.90 Å². The van der Waals surface area contributed by atoms with Gasteiger partial charge in [-0.3, -0.25) is 9.59 Å². The van der Waals surface area contributed by atoms with Crippen molar-refractivity contribution in [3.63, 3.8) is 0 Å². The second-order valence-corrected chi connectivity index (χ2v) is 4.95. The van der Waals surface area contributed by atoms with Gasteiger partial charge >= 0.3 is 12.1 Å². The molecule has 0 aromatic rings. The minimum Gasteiger partial charge on any atom is -0.481 e. The minimum absolute atomic E-state index is 0.0420. The predicted molar refractivity (Wildman–Crippen MR) is 54.6 cm³/mol. The molecular weight excluding hydrogens is 251 g/mol. The summed E-state index contributed by atoms with van der Waals surface area (Å²) < 4.78 is 37.7. The van der Waals surface area contributed by atoms with Crippen molar-refractivity contribution in [1.29, 1.82) is 0 Å². The van der Waals surface area contributed by atoms with Gasteiger partial charge in [-0.05, 0) is 19.3 Å². The maximum absolute atomic E-state index is 12.6. The van der Waals surface area contributed by atoms with Gasteiger partial charge in [0.25, 0.3) is 0 Å². The number of carbonyl (C=O) groups is 2. The highest BCUT2D eigenvalue weighted by molar-refractivity contribution is 5.89. The standard InChI is InChI=1S/C11H14F3NO3/c12-11(13,14)6-2-1-3-15(5-6)9(16)7-4-8(7)10(17)18/h6-8H,1-5H2,(H,17,18). The number of hydrogen-bond donors (Lipinski definition) is 1. The van der Waals surface area contributed by atoms with Crippen molar-refractivity contribution in [1.82, 2.24) is 4.90 Å². The molecule has 0 radical (unpaired) electrons. The molecule has 7 heteroatoms. The number of aliphatic carboxylic acids is 1. The van der Waals surface area contributed by atoms with Crippen LogP contribution in [0.4, 0.5) is 13.2 Å². The molecule has 2 rings (SSSR count). The summed E-state index contributed by atoms with van der Waals surface area (Å²) in [6.07, 6.45) is -3.67. The molecule has 2 aliphatic rings. The highest BCUT2D eigenvalue weighted by atomic mass is 19.4. The van der Waals surface area contributed by atoms with E-state index in [1.807, 2.05) is 0 Å². The molecule has 4 nitrogen and oxygen atoms in total. The van der Waals surface area contributed by atoms with Crippen LogP contribution in [0.15, 0.2) is 0 Å². The number of alkyl halides is 3. The second-order valence-electron chi connectivity index (χ2n) is 4.95. The zero-order valence-corrected chi connectivity index (χ0v) is 9.61. The number of halogens is 3. The Bertz CT molecular complexity index is 369. The average Bonchev–Trinajstić information content (AvgIpc) is 3.07. The lowest BCUT2D eigenvalue weighted by atomic mass is 9.97. The number of likely N-dealkylation sites (tertiary alicyclic amines) is 1. The number of nitrogens with zero attached hydrogens (tertiary/aromatic N) is 1. The van der Waals surface area contributed by atoms with Gasteiger partial charge in [0.2, 0.25) is 5.91 Å². The van der Waals surface area contributed by atoms with Gasteiger partial charge in [-0.15, -0.1) is 0 Å². The Morgan fingerprint density at radius 3 is 2.39 bits per heavy atom. The van der Waals surface area contributed by atoms with E-state index >= 15 is 0 Å². The number of carboxylic acid groups (broad SMARTS) is 1. The first kappa shape index (κ1) is 13.2. The third-order valence-electron chi connectivity index (χ3n) is 3.62. The van der Waals surface area contributed by atoms with Gasteiger partial charge in [-0.25, -0.2) is 0 Å². The summed E-state index contributed by atoms with van der Waals surface area (Å²) in [5.41, 5.74) is 0. The van der Waals surface area contributed by atoms with Crippen LogP contribution in [0.2, 0.25) is 0 Å². The van der Waals surface area contributed by atoms with Gasteiger partial charge in [0.15, 0.2) is 0 Å². The van der Waals surface area contributed by atoms with E-state index in [9.17, 15) is 22.8 Å². The van der Waals surface area contributed by atoms with Crippen LogP contribution in [-0.2, 0) is 9.59 Å². The molecule has 1 aliphatic carbocycles. The van der Waals surface area contributed by atoms with Crippen molar-refractivity contribution in [2.75, 3.05) is 13.1 Å². The molecule has 2 fully saturated rings. The molecule has 18 heavy (non-hydrogen) atoms. The fourth-order valence-corrected chi connectivity index (χ4v) is 2.42. The summed E-state index contributed by atoms with van der Waals surface area (Å²) in [7, 11) is 0. The van der Waals surface area contributed by atoms with Crippen LogP contribution in [-0.4, -0.2) is 41.1 Å². The SMILES string of the molecule is O=C(O)C1CC1C(=O)N1CCCC(C(F)(F)F)C1. The quantitative estimate of drug-likeness (QED) is 0.823. The minimum atomic E-state index is -4.28. The van der Waals surface area contributed by atoms with E-state index < -0.39 is 35.8 Å². The summed E-state index contributed by atoms with van der Waals surface area (Å²) in [6, 6.07) is 0. The Morgan fingerprint density at radius 2 is 1.89 bits per heavy atom. The molecule has 1 saturated heterocycles. The van der Waals surface area contributed by atoms with Gasteiger partial charge < -0.3 is 10.0 Å². The third kappa shape index (κ3) is 2.59. The monoisotopic (exact) mass is 265 g/mol. The first-order chi connectivity index (χ1) is 8.30. The zero-order valence-electron chi connectivity index (χ0n) is 9.61. The molecule has 1 N–H and O–H groups in total. The van der Waals surface area contributed by atoms with E-state index in [0.29, 0.717) is 13.0 Å². The van der Waals surface area contributed by atoms with Crippen molar-refractivity contribution >= 4 is 11.9 Å². The molecule has 102 valence electrons. The van der Waals surface area contributed by atoms with Gasteiger partial charge in [0.1, 0.15) is 0 Å². The third-order valence-corrected chi connectivity index (χ3v) is 3.62. The summed E-state index contributed by atoms with van der Waals surface area (Å²) in [6.45, 7) is -0.0283. The van der Waals surface area contributed by atoms with Gasteiger partial charge in [-0.1, -0.05) is 0 Å². The Kier molecular flexibility index (Phi) is 3.25. The molecular formula is C11H14F3NO3. The maximum atomic E-state index is 12.6. The van der Waals surface area contributed by atoms with Crippen LogP contribution in [0.3, 0.4) is 0 Å². The van der Waals surface area contributed by atoms with Gasteiger partial charge in [0, 0.05) is 13.1 Å². The first-order valence-corrected chi connectivity index (χ1v) is 5.89. The molecule has 0 aromatic heterocycles. The highest BCUT2D eigenvalue weighted by Crippen LogP contribution is 2.41. The normalized spacial score (nSPS) is 32.2. The number of hydrogen-bond acceptors (Lipinski definition) is 2. The molecule has 1 saturated carbocycles. The number of carbonyl (C=O) groups excluding carboxylic acids is 1. The van der Waals surface area contributed by atoms with E-state index in [-0.39, 0.29) is 19.4 Å². The summed E-state index contributed by atoms with van der Waals surface area (Å²) in [5.74, 6) is -4.27. The second kappa shape index (κ2) is 4.44. The van der Waals surface area contributed by atoms with Crippen LogP contribution in [0.1, 0.15) is 19.3 Å². The number of piperidine rings is 1. The molecule has 3 unspecified atom stereocenters. The number of amides is 1. The molecule has 3 atom stereocenters. The largest absolute Gasteiger partial charge is 0.481 e. The predicted octanol–water partition coefficient (Wildman–Crippen LogP) is 1.51. The molecule has 0 spiro atoms. The summed E-state index contributed by atoms with van der Waals surface area (Å²) >= 11 is 0. The molecule has 1 aliphatic heterocycles. The fourth-order valence-electron chi connectivity index (χ4n) is 2.42. The lowest BCUT2D eigenvalue weighted by Crippen LogP contribution is -2.45. The van der Waals surface area contributed by atoms with E-state index in [4.69, 9.17) is 5.11 Å². The number of carboxylic acids is 1. The Balaban J connectivity index is 1.94. The average molecular weight is 265 g/mol. The highest BCUT2D eigenvalue weighted by Gasteiger charge is 2.51. The molecule has 1 heterocycles.